The minimum atomic E-state index is -2.45. The normalized spacial score (nSPS) is 34.7. The van der Waals surface area contributed by atoms with E-state index in [1.807, 2.05) is 0 Å². The van der Waals surface area contributed by atoms with E-state index >= 15 is 0 Å². The zero-order chi connectivity index (χ0) is 36.9. The van der Waals surface area contributed by atoms with Crippen LogP contribution in [0.25, 0.3) is 0 Å². The van der Waals surface area contributed by atoms with E-state index in [1.54, 1.807) is 0 Å². The molecule has 0 aromatic heterocycles. The summed E-state index contributed by atoms with van der Waals surface area (Å²) in [7, 11) is -2.45. The first-order chi connectivity index (χ1) is 25.1. The number of methoxy groups -OCH3 is 1. The molecule has 0 aliphatic heterocycles. The van der Waals surface area contributed by atoms with Gasteiger partial charge in [0.25, 0.3) is 0 Å². The minimum absolute atomic E-state index is 0.161. The molecule has 4 saturated carbocycles. The highest BCUT2D eigenvalue weighted by Crippen LogP contribution is 2.48. The molecule has 1 nitrogen and oxygen atoms in total. The van der Waals surface area contributed by atoms with Gasteiger partial charge in [0, 0.05) is 23.6 Å². The van der Waals surface area contributed by atoms with Crippen molar-refractivity contribution in [3.63, 3.8) is 0 Å². The number of benzene rings is 1. The van der Waals surface area contributed by atoms with Crippen molar-refractivity contribution < 1.29 is 8.85 Å². The van der Waals surface area contributed by atoms with Crippen LogP contribution in [-0.4, -0.2) is 12.6 Å². The maximum Gasteiger partial charge on any atom is 0.128 e. The van der Waals surface area contributed by atoms with Gasteiger partial charge in [-0.2, -0.15) is 0 Å². The average Bonchev–Trinajstić information content (AvgIpc) is 3.15. The third-order valence-electron chi connectivity index (χ3n) is 14.1. The zero-order valence-electron chi connectivity index (χ0n) is 35.1. The fourth-order valence-corrected chi connectivity index (χ4v) is 10.7. The first kappa shape index (κ1) is 34.4. The molecule has 49 heavy (non-hydrogen) atoms. The zero-order valence-corrected chi connectivity index (χ0v) is 32.1. The van der Waals surface area contributed by atoms with Gasteiger partial charge in [-0.15, -0.1) is 0 Å². The number of hydrogen-bond donors (Lipinski definition) is 0. The molecule has 5 rings (SSSR count). The monoisotopic (exact) mass is 670 g/mol. The minimum Gasteiger partial charge on any atom is -0.366 e. The quantitative estimate of drug-likeness (QED) is 0.150. The van der Waals surface area contributed by atoms with Crippen molar-refractivity contribution in [3.05, 3.63) is 35.4 Å². The molecule has 0 saturated heterocycles. The third-order valence-corrected chi connectivity index (χ3v) is 14.1. The van der Waals surface area contributed by atoms with E-state index in [9.17, 15) is 0 Å². The summed E-state index contributed by atoms with van der Waals surface area (Å²) in [5.74, 6) is 19.4. The lowest BCUT2D eigenvalue weighted by molar-refractivity contribution is -0.0127. The molecule has 0 spiro atoms. The lowest BCUT2D eigenvalue weighted by Crippen LogP contribution is -2.37. The second kappa shape index (κ2) is 19.8. The van der Waals surface area contributed by atoms with Gasteiger partial charge in [-0.05, 0) is 143 Å². The molecule has 1 heteroatoms. The van der Waals surface area contributed by atoms with Crippen LogP contribution in [0.4, 0.5) is 0 Å². The van der Waals surface area contributed by atoms with E-state index in [2.05, 4.69) is 68.7 Å². The molecular formula is C48H74O. The van der Waals surface area contributed by atoms with Crippen LogP contribution < -0.4 is 0 Å². The second-order valence-corrected chi connectivity index (χ2v) is 17.4. The van der Waals surface area contributed by atoms with E-state index in [0.29, 0.717) is 18.8 Å². The van der Waals surface area contributed by atoms with Crippen LogP contribution in [0.5, 0.6) is 0 Å². The van der Waals surface area contributed by atoms with Crippen molar-refractivity contribution in [2.75, 3.05) is 7.04 Å². The molecule has 0 amide bonds. The predicted molar refractivity (Wildman–Crippen MR) is 210 cm³/mol. The van der Waals surface area contributed by atoms with E-state index in [0.717, 1.165) is 53.6 Å². The van der Waals surface area contributed by atoms with Gasteiger partial charge in [0.1, 0.15) is 5.60 Å². The summed E-state index contributed by atoms with van der Waals surface area (Å²) in [6, 6.07) is 8.37. The van der Waals surface area contributed by atoms with Crippen molar-refractivity contribution in [2.24, 2.45) is 40.9 Å². The van der Waals surface area contributed by atoms with E-state index in [4.69, 9.17) is 8.85 Å². The standard InChI is InChI=1S/C48H74O/c1-5-8-10-13-40-20-24-43(25-21-40)45-28-34-47(35-29-45,32-11-9-6-2)33-26-41-14-16-42(17-15-41)27-36-48(49-4)37-30-46(31-38-48)44-22-18-39(12-7-3)19-23-44/h14-17,39-40,43-46H,5-13,18-25,28-32,34-35,37-38H2,1-4H3/i4D3. The van der Waals surface area contributed by atoms with Crippen molar-refractivity contribution >= 4 is 0 Å². The first-order valence-electron chi connectivity index (χ1n) is 23.0. The molecule has 1 aromatic rings. The summed E-state index contributed by atoms with van der Waals surface area (Å²) in [5.41, 5.74) is 1.24. The Hall–Kier alpha value is -1.70. The van der Waals surface area contributed by atoms with Gasteiger partial charge in [0.2, 0.25) is 0 Å². The van der Waals surface area contributed by atoms with Crippen molar-refractivity contribution in [1.82, 2.24) is 0 Å². The molecular weight excluding hydrogens is 593 g/mol. The highest BCUT2D eigenvalue weighted by Gasteiger charge is 2.39. The molecule has 272 valence electrons. The molecule has 0 bridgehead atoms. The van der Waals surface area contributed by atoms with E-state index in [-0.39, 0.29) is 5.41 Å². The van der Waals surface area contributed by atoms with Crippen LogP contribution >= 0.6 is 0 Å². The second-order valence-electron chi connectivity index (χ2n) is 17.4. The van der Waals surface area contributed by atoms with Crippen LogP contribution in [-0.2, 0) is 4.74 Å². The Labute approximate surface area is 308 Å². The molecule has 4 aliphatic carbocycles. The highest BCUT2D eigenvalue weighted by molar-refractivity contribution is 5.43. The molecule has 1 aromatic carbocycles. The summed E-state index contributed by atoms with van der Waals surface area (Å²) in [5, 5.41) is 0. The summed E-state index contributed by atoms with van der Waals surface area (Å²) in [4.78, 5) is 0. The van der Waals surface area contributed by atoms with Crippen LogP contribution in [0.1, 0.15) is 203 Å². The fraction of sp³-hybridized carbons (Fsp3) is 0.792. The van der Waals surface area contributed by atoms with Gasteiger partial charge >= 0.3 is 0 Å². The third kappa shape index (κ3) is 11.4. The van der Waals surface area contributed by atoms with Crippen LogP contribution in [0, 0.1) is 64.6 Å². The number of ether oxygens (including phenoxy) is 1. The number of hydrogen-bond acceptors (Lipinski definition) is 1. The maximum atomic E-state index is 7.94. The number of rotatable bonds is 13. The van der Waals surface area contributed by atoms with Crippen molar-refractivity contribution in [1.29, 1.82) is 0 Å². The molecule has 0 heterocycles. The Morgan fingerprint density at radius 2 is 1.06 bits per heavy atom. The first-order valence-corrected chi connectivity index (χ1v) is 21.5. The van der Waals surface area contributed by atoms with Crippen LogP contribution in [0.15, 0.2) is 24.3 Å². The Morgan fingerprint density at radius 3 is 1.59 bits per heavy atom. The summed E-state index contributed by atoms with van der Waals surface area (Å²) < 4.78 is 29.6. The smallest absolute Gasteiger partial charge is 0.128 e. The van der Waals surface area contributed by atoms with E-state index in [1.165, 1.54) is 141 Å². The van der Waals surface area contributed by atoms with Crippen molar-refractivity contribution in [2.45, 2.75) is 193 Å². The van der Waals surface area contributed by atoms with Crippen LogP contribution in [0.3, 0.4) is 0 Å². The topological polar surface area (TPSA) is 9.23 Å². The SMILES string of the molecule is [2H]C([2H])([2H])OC1(C#Cc2ccc(C#CC3(CCCCC)CCC(C4CCC(CCCCC)CC4)CC3)cc2)CCC(C2CCC(CCC)CC2)CC1. The molecule has 0 atom stereocenters. The molecule has 0 N–H and O–H groups in total. The van der Waals surface area contributed by atoms with Gasteiger partial charge in [-0.1, -0.05) is 128 Å². The van der Waals surface area contributed by atoms with Gasteiger partial charge < -0.3 is 4.74 Å². The van der Waals surface area contributed by atoms with Gasteiger partial charge in [0.15, 0.2) is 0 Å². The Bertz CT molecular complexity index is 1290. The summed E-state index contributed by atoms with van der Waals surface area (Å²) in [6.45, 7) is 6.93. The molecule has 0 unspecified atom stereocenters. The Kier molecular flexibility index (Phi) is 13.9. The van der Waals surface area contributed by atoms with Crippen LogP contribution in [0.2, 0.25) is 0 Å². The van der Waals surface area contributed by atoms with Gasteiger partial charge in [0.05, 0.1) is 4.11 Å². The fourth-order valence-electron chi connectivity index (χ4n) is 10.7. The molecule has 4 fully saturated rings. The summed E-state index contributed by atoms with van der Waals surface area (Å²) in [6.07, 6.45) is 33.4. The maximum absolute atomic E-state index is 7.94. The number of unbranched alkanes of at least 4 members (excludes halogenated alkanes) is 4. The van der Waals surface area contributed by atoms with Gasteiger partial charge in [-0.25, -0.2) is 0 Å². The largest absolute Gasteiger partial charge is 0.366 e. The van der Waals surface area contributed by atoms with Crippen molar-refractivity contribution in [3.8, 4) is 23.7 Å². The van der Waals surface area contributed by atoms with Gasteiger partial charge in [-0.3, -0.25) is 0 Å². The molecule has 4 aliphatic rings. The highest BCUT2D eigenvalue weighted by atomic mass is 16.5. The molecule has 0 radical (unpaired) electrons. The Morgan fingerprint density at radius 1 is 0.571 bits per heavy atom. The average molecular weight is 670 g/mol. The summed E-state index contributed by atoms with van der Waals surface area (Å²) >= 11 is 0. The Balaban J connectivity index is 1.18. The van der Waals surface area contributed by atoms with E-state index < -0.39 is 12.6 Å². The lowest BCUT2D eigenvalue weighted by atomic mass is 9.63. The lowest BCUT2D eigenvalue weighted by Gasteiger charge is -2.41. The predicted octanol–water partition coefficient (Wildman–Crippen LogP) is 13.7.